The molecule has 1 atom stereocenters. The van der Waals surface area contributed by atoms with E-state index < -0.39 is 6.10 Å². The third kappa shape index (κ3) is 2.58. The number of hydrogen-bond acceptors (Lipinski definition) is 3. The van der Waals surface area contributed by atoms with E-state index in [2.05, 4.69) is 0 Å². The molecule has 4 heteroatoms. The monoisotopic (exact) mass is 226 g/mol. The average Bonchev–Trinajstić information content (AvgIpc) is 2.74. The van der Waals surface area contributed by atoms with Gasteiger partial charge in [-0.3, -0.25) is 0 Å². The van der Waals surface area contributed by atoms with Gasteiger partial charge in [-0.25, -0.2) is 4.39 Å². The number of ether oxygens (including phenoxy) is 2. The Balaban J connectivity index is 2.02. The van der Waals surface area contributed by atoms with E-state index in [1.54, 1.807) is 19.1 Å². The number of rotatable bonds is 3. The normalized spacial score (nSPS) is 18.9. The molecule has 0 aliphatic carbocycles. The van der Waals surface area contributed by atoms with Gasteiger partial charge in [-0.1, -0.05) is 12.1 Å². The first kappa shape index (κ1) is 11.5. The van der Waals surface area contributed by atoms with Crippen LogP contribution in [0.5, 0.6) is 0 Å². The number of halogens is 1. The summed E-state index contributed by atoms with van der Waals surface area (Å²) in [5.41, 5.74) is 1.22. The van der Waals surface area contributed by atoms with Crippen molar-refractivity contribution in [1.82, 2.24) is 0 Å². The Morgan fingerprint density at radius 2 is 2.12 bits per heavy atom. The predicted octanol–water partition coefficient (Wildman–Crippen LogP) is 1.93. The summed E-state index contributed by atoms with van der Waals surface area (Å²) in [6.07, 6.45) is -0.645. The van der Waals surface area contributed by atoms with Gasteiger partial charge in [-0.15, -0.1) is 0 Å². The van der Waals surface area contributed by atoms with E-state index in [0.717, 1.165) is 0 Å². The van der Waals surface area contributed by atoms with Crippen molar-refractivity contribution in [3.63, 3.8) is 0 Å². The largest absolute Gasteiger partial charge is 0.388 e. The van der Waals surface area contributed by atoms with Crippen molar-refractivity contribution in [2.45, 2.75) is 25.7 Å². The lowest BCUT2D eigenvalue weighted by Gasteiger charge is -2.15. The summed E-state index contributed by atoms with van der Waals surface area (Å²) in [7, 11) is 0. The average molecular weight is 226 g/mol. The predicted molar refractivity (Wildman–Crippen MR) is 56.4 cm³/mol. The molecule has 0 radical (unpaired) electrons. The van der Waals surface area contributed by atoms with Crippen molar-refractivity contribution < 1.29 is 19.0 Å². The third-order valence-corrected chi connectivity index (χ3v) is 2.67. The van der Waals surface area contributed by atoms with E-state index in [-0.39, 0.29) is 12.1 Å². The zero-order valence-corrected chi connectivity index (χ0v) is 9.15. The van der Waals surface area contributed by atoms with Crippen LogP contribution in [0.3, 0.4) is 0 Å². The molecule has 1 unspecified atom stereocenters. The van der Waals surface area contributed by atoms with E-state index in [1.165, 1.54) is 6.07 Å². The van der Waals surface area contributed by atoms with Gasteiger partial charge in [0.2, 0.25) is 0 Å². The van der Waals surface area contributed by atoms with Gasteiger partial charge in [-0.05, 0) is 24.1 Å². The van der Waals surface area contributed by atoms with Gasteiger partial charge in [0.05, 0.1) is 19.3 Å². The Labute approximate surface area is 93.8 Å². The second-order valence-corrected chi connectivity index (χ2v) is 3.93. The van der Waals surface area contributed by atoms with Gasteiger partial charge in [0, 0.05) is 6.42 Å². The van der Waals surface area contributed by atoms with E-state index >= 15 is 0 Å². The Morgan fingerprint density at radius 3 is 2.75 bits per heavy atom. The van der Waals surface area contributed by atoms with E-state index in [9.17, 15) is 9.50 Å². The number of aryl methyl sites for hydroxylation is 1. The summed E-state index contributed by atoms with van der Waals surface area (Å²) in [6, 6.07) is 4.60. The summed E-state index contributed by atoms with van der Waals surface area (Å²) in [5.74, 6) is -0.260. The molecule has 1 aliphatic heterocycles. The molecule has 1 fully saturated rings. The molecular formula is C12H15FO3. The van der Waals surface area contributed by atoms with Crippen LogP contribution >= 0.6 is 0 Å². The summed E-state index contributed by atoms with van der Waals surface area (Å²) < 4.78 is 23.5. The molecule has 1 aliphatic rings. The number of hydrogen-bond donors (Lipinski definition) is 1. The molecule has 0 aromatic heterocycles. The lowest BCUT2D eigenvalue weighted by atomic mass is 10.0. The fraction of sp³-hybridized carbons (Fsp3) is 0.500. The number of benzene rings is 1. The first-order chi connectivity index (χ1) is 7.66. The third-order valence-electron chi connectivity index (χ3n) is 2.67. The van der Waals surface area contributed by atoms with Crippen LogP contribution in [-0.4, -0.2) is 24.6 Å². The van der Waals surface area contributed by atoms with Gasteiger partial charge >= 0.3 is 0 Å². The first-order valence-corrected chi connectivity index (χ1v) is 5.34. The van der Waals surface area contributed by atoms with Crippen molar-refractivity contribution in [1.29, 1.82) is 0 Å². The van der Waals surface area contributed by atoms with Crippen LogP contribution in [0.1, 0.15) is 23.7 Å². The molecule has 0 bridgehead atoms. The highest BCUT2D eigenvalue weighted by molar-refractivity contribution is 5.25. The molecular weight excluding hydrogens is 211 g/mol. The highest BCUT2D eigenvalue weighted by Crippen LogP contribution is 2.23. The van der Waals surface area contributed by atoms with Gasteiger partial charge in [-0.2, -0.15) is 0 Å². The molecule has 2 rings (SSSR count). The van der Waals surface area contributed by atoms with Crippen molar-refractivity contribution in [2.75, 3.05) is 13.2 Å². The van der Waals surface area contributed by atoms with Gasteiger partial charge in [0.15, 0.2) is 6.29 Å². The topological polar surface area (TPSA) is 38.7 Å². The highest BCUT2D eigenvalue weighted by atomic mass is 19.1. The zero-order chi connectivity index (χ0) is 11.5. The molecule has 16 heavy (non-hydrogen) atoms. The van der Waals surface area contributed by atoms with Gasteiger partial charge < -0.3 is 14.6 Å². The minimum atomic E-state index is -0.678. The maximum Gasteiger partial charge on any atom is 0.160 e. The Bertz CT molecular complexity index is 361. The van der Waals surface area contributed by atoms with Crippen LogP contribution in [0.25, 0.3) is 0 Å². The molecule has 3 nitrogen and oxygen atoms in total. The Hall–Kier alpha value is -0.970. The zero-order valence-electron chi connectivity index (χ0n) is 9.15. The first-order valence-electron chi connectivity index (χ1n) is 5.34. The van der Waals surface area contributed by atoms with E-state index in [0.29, 0.717) is 30.8 Å². The molecule has 0 amide bonds. The Kier molecular flexibility index (Phi) is 3.53. The molecule has 1 heterocycles. The second-order valence-electron chi connectivity index (χ2n) is 3.93. The van der Waals surface area contributed by atoms with Crippen molar-refractivity contribution in [2.24, 2.45) is 0 Å². The lowest BCUT2D eigenvalue weighted by Crippen LogP contribution is -2.13. The van der Waals surface area contributed by atoms with Crippen molar-refractivity contribution >= 4 is 0 Å². The highest BCUT2D eigenvalue weighted by Gasteiger charge is 2.21. The fourth-order valence-electron chi connectivity index (χ4n) is 1.74. The molecule has 1 saturated heterocycles. The maximum atomic E-state index is 13.0. The fourth-order valence-corrected chi connectivity index (χ4v) is 1.74. The molecule has 1 aromatic rings. The Morgan fingerprint density at radius 1 is 1.44 bits per heavy atom. The molecule has 1 N–H and O–H groups in total. The number of aliphatic hydroxyl groups is 1. The van der Waals surface area contributed by atoms with Crippen LogP contribution in [0, 0.1) is 12.7 Å². The van der Waals surface area contributed by atoms with Crippen LogP contribution in [0.2, 0.25) is 0 Å². The smallest absolute Gasteiger partial charge is 0.160 e. The van der Waals surface area contributed by atoms with Gasteiger partial charge in [0.25, 0.3) is 0 Å². The minimum absolute atomic E-state index is 0.260. The molecule has 1 aromatic carbocycles. The van der Waals surface area contributed by atoms with Crippen molar-refractivity contribution in [3.8, 4) is 0 Å². The molecule has 0 saturated carbocycles. The van der Waals surface area contributed by atoms with Crippen LogP contribution in [-0.2, 0) is 9.47 Å². The minimum Gasteiger partial charge on any atom is -0.388 e. The summed E-state index contributed by atoms with van der Waals surface area (Å²) in [6.45, 7) is 2.81. The van der Waals surface area contributed by atoms with Crippen LogP contribution in [0.15, 0.2) is 18.2 Å². The standard InChI is InChI=1S/C12H15FO3/c1-8-6-9(2-3-10(8)13)11(14)7-12-15-4-5-16-12/h2-3,6,11-12,14H,4-5,7H2,1H3. The number of aliphatic hydroxyl groups excluding tert-OH is 1. The quantitative estimate of drug-likeness (QED) is 0.855. The summed E-state index contributed by atoms with van der Waals surface area (Å²) >= 11 is 0. The van der Waals surface area contributed by atoms with Gasteiger partial charge in [0.1, 0.15) is 5.82 Å². The molecule has 0 spiro atoms. The van der Waals surface area contributed by atoms with E-state index in [4.69, 9.17) is 9.47 Å². The summed E-state index contributed by atoms with van der Waals surface area (Å²) in [5, 5.41) is 9.91. The van der Waals surface area contributed by atoms with Crippen molar-refractivity contribution in [3.05, 3.63) is 35.1 Å². The second kappa shape index (κ2) is 4.91. The SMILES string of the molecule is Cc1cc(C(O)CC2OCCO2)ccc1F. The van der Waals surface area contributed by atoms with E-state index in [1.807, 2.05) is 0 Å². The lowest BCUT2D eigenvalue weighted by molar-refractivity contribution is -0.0707. The molecule has 88 valence electrons. The maximum absolute atomic E-state index is 13.0. The van der Waals surface area contributed by atoms with Crippen LogP contribution in [0.4, 0.5) is 4.39 Å². The van der Waals surface area contributed by atoms with Crippen LogP contribution < -0.4 is 0 Å². The summed E-state index contributed by atoms with van der Waals surface area (Å²) in [4.78, 5) is 0.